The molecule has 0 aliphatic rings. The van der Waals surface area contributed by atoms with Gasteiger partial charge in [0.1, 0.15) is 0 Å². The lowest BCUT2D eigenvalue weighted by atomic mass is 10.3. The zero-order chi connectivity index (χ0) is 12.3. The Morgan fingerprint density at radius 2 is 2.24 bits per heavy atom. The molecule has 0 unspecified atom stereocenters. The largest absolute Gasteiger partial charge is 0.360 e. The first-order valence-electron chi connectivity index (χ1n) is 5.41. The molecule has 0 saturated carbocycles. The third kappa shape index (κ3) is 3.36. The summed E-state index contributed by atoms with van der Waals surface area (Å²) in [5.41, 5.74) is 7.36. The first-order chi connectivity index (χ1) is 8.17. The van der Waals surface area contributed by atoms with Crippen molar-refractivity contribution in [3.63, 3.8) is 0 Å². The molecule has 6 heteroatoms. The minimum absolute atomic E-state index is 0.415. The fourth-order valence-electron chi connectivity index (χ4n) is 1.61. The topological polar surface area (TPSA) is 68.2 Å². The van der Waals surface area contributed by atoms with E-state index in [0.29, 0.717) is 13.1 Å². The molecule has 2 rings (SSSR count). The van der Waals surface area contributed by atoms with E-state index in [-0.39, 0.29) is 0 Å². The molecule has 2 aromatic rings. The van der Waals surface area contributed by atoms with Crippen LogP contribution in [-0.2, 0) is 19.6 Å². The van der Waals surface area contributed by atoms with Gasteiger partial charge < -0.3 is 10.3 Å². The minimum atomic E-state index is 0.415. The van der Waals surface area contributed by atoms with E-state index in [2.05, 4.69) is 20.4 Å². The van der Waals surface area contributed by atoms with Crippen molar-refractivity contribution in [3.05, 3.63) is 33.6 Å². The van der Waals surface area contributed by atoms with Crippen LogP contribution in [0.5, 0.6) is 0 Å². The van der Waals surface area contributed by atoms with Gasteiger partial charge in [0.15, 0.2) is 5.76 Å². The lowest BCUT2D eigenvalue weighted by molar-refractivity contribution is 0.264. The third-order valence-corrected chi connectivity index (χ3v) is 3.16. The standard InChI is InChI=1S/C11H16N4OS/c1-8-13-10(7-17-8)5-15(2)6-11-3-9(4-12)14-16-11/h3,7H,4-6,12H2,1-2H3. The van der Waals surface area contributed by atoms with Crippen molar-refractivity contribution >= 4 is 11.3 Å². The Balaban J connectivity index is 1.90. The molecule has 0 aliphatic heterocycles. The maximum absolute atomic E-state index is 5.48. The fraction of sp³-hybridized carbons (Fsp3) is 0.455. The number of nitrogens with two attached hydrogens (primary N) is 1. The second-order valence-corrected chi connectivity index (χ2v) is 5.08. The van der Waals surface area contributed by atoms with Crippen LogP contribution in [0, 0.1) is 6.92 Å². The van der Waals surface area contributed by atoms with Crippen LogP contribution in [0.4, 0.5) is 0 Å². The molecule has 0 aromatic carbocycles. The first-order valence-corrected chi connectivity index (χ1v) is 6.29. The number of hydrogen-bond donors (Lipinski definition) is 1. The van der Waals surface area contributed by atoms with E-state index in [1.54, 1.807) is 11.3 Å². The average molecular weight is 252 g/mol. The summed E-state index contributed by atoms with van der Waals surface area (Å²) in [6.07, 6.45) is 0. The Kier molecular flexibility index (Phi) is 3.88. The summed E-state index contributed by atoms with van der Waals surface area (Å²) in [5, 5.41) is 7.04. The molecule has 0 bridgehead atoms. The van der Waals surface area contributed by atoms with Gasteiger partial charge >= 0.3 is 0 Å². The lowest BCUT2D eigenvalue weighted by Gasteiger charge is -2.12. The summed E-state index contributed by atoms with van der Waals surface area (Å²) < 4.78 is 5.18. The van der Waals surface area contributed by atoms with Gasteiger partial charge in [-0.15, -0.1) is 11.3 Å². The fourth-order valence-corrected chi connectivity index (χ4v) is 2.21. The van der Waals surface area contributed by atoms with E-state index < -0.39 is 0 Å². The van der Waals surface area contributed by atoms with Crippen molar-refractivity contribution < 1.29 is 4.52 Å². The number of nitrogens with zero attached hydrogens (tertiary/aromatic N) is 3. The van der Waals surface area contributed by atoms with Gasteiger partial charge in [-0.1, -0.05) is 5.16 Å². The Bertz CT molecular complexity index is 479. The van der Waals surface area contributed by atoms with Gasteiger partial charge in [0.25, 0.3) is 0 Å². The highest BCUT2D eigenvalue weighted by atomic mass is 32.1. The number of hydrogen-bond acceptors (Lipinski definition) is 6. The Labute approximate surface area is 104 Å². The average Bonchev–Trinajstić information content (AvgIpc) is 2.88. The number of aryl methyl sites for hydroxylation is 1. The molecule has 2 heterocycles. The lowest BCUT2D eigenvalue weighted by Crippen LogP contribution is -2.17. The molecule has 0 radical (unpaired) electrons. The molecule has 92 valence electrons. The monoisotopic (exact) mass is 252 g/mol. The summed E-state index contributed by atoms with van der Waals surface area (Å²) in [7, 11) is 2.03. The molecule has 0 aliphatic carbocycles. The maximum atomic E-state index is 5.48. The molecule has 17 heavy (non-hydrogen) atoms. The van der Waals surface area contributed by atoms with Gasteiger partial charge in [0.2, 0.25) is 0 Å². The van der Waals surface area contributed by atoms with Gasteiger partial charge in [0, 0.05) is 24.5 Å². The highest BCUT2D eigenvalue weighted by Gasteiger charge is 2.08. The van der Waals surface area contributed by atoms with Crippen molar-refractivity contribution in [2.75, 3.05) is 7.05 Å². The Hall–Kier alpha value is -1.24. The summed E-state index contributed by atoms with van der Waals surface area (Å²) in [6, 6.07) is 1.89. The van der Waals surface area contributed by atoms with E-state index in [4.69, 9.17) is 10.3 Å². The van der Waals surface area contributed by atoms with E-state index in [9.17, 15) is 0 Å². The van der Waals surface area contributed by atoms with Crippen LogP contribution in [0.25, 0.3) is 0 Å². The zero-order valence-corrected chi connectivity index (χ0v) is 10.8. The molecule has 0 atom stereocenters. The second-order valence-electron chi connectivity index (χ2n) is 4.02. The predicted octanol–water partition coefficient (Wildman–Crippen LogP) is 1.53. The molecule has 0 amide bonds. The molecular weight excluding hydrogens is 236 g/mol. The Morgan fingerprint density at radius 1 is 1.41 bits per heavy atom. The number of thiazole rings is 1. The number of rotatable bonds is 5. The van der Waals surface area contributed by atoms with Crippen LogP contribution in [0.3, 0.4) is 0 Å². The van der Waals surface area contributed by atoms with Crippen LogP contribution in [0.1, 0.15) is 22.2 Å². The van der Waals surface area contributed by atoms with Gasteiger partial charge in [-0.25, -0.2) is 4.98 Å². The van der Waals surface area contributed by atoms with E-state index >= 15 is 0 Å². The normalized spacial score (nSPS) is 11.3. The van der Waals surface area contributed by atoms with Crippen LogP contribution in [-0.4, -0.2) is 22.1 Å². The third-order valence-electron chi connectivity index (χ3n) is 2.34. The second kappa shape index (κ2) is 5.39. The predicted molar refractivity (Wildman–Crippen MR) is 66.4 cm³/mol. The maximum Gasteiger partial charge on any atom is 0.151 e. The van der Waals surface area contributed by atoms with Crippen molar-refractivity contribution in [1.82, 2.24) is 15.0 Å². The van der Waals surface area contributed by atoms with E-state index in [1.165, 1.54) is 0 Å². The van der Waals surface area contributed by atoms with Crippen molar-refractivity contribution in [2.45, 2.75) is 26.6 Å². The van der Waals surface area contributed by atoms with Crippen molar-refractivity contribution in [2.24, 2.45) is 5.73 Å². The first kappa shape index (κ1) is 12.2. The van der Waals surface area contributed by atoms with Gasteiger partial charge in [-0.05, 0) is 14.0 Å². The van der Waals surface area contributed by atoms with Crippen LogP contribution >= 0.6 is 11.3 Å². The highest BCUT2D eigenvalue weighted by Crippen LogP contribution is 2.12. The van der Waals surface area contributed by atoms with Crippen LogP contribution < -0.4 is 5.73 Å². The van der Waals surface area contributed by atoms with Crippen LogP contribution in [0.2, 0.25) is 0 Å². The summed E-state index contributed by atoms with van der Waals surface area (Å²) >= 11 is 1.67. The smallest absolute Gasteiger partial charge is 0.151 e. The quantitative estimate of drug-likeness (QED) is 0.874. The van der Waals surface area contributed by atoms with Crippen LogP contribution in [0.15, 0.2) is 16.0 Å². The SMILES string of the molecule is Cc1nc(CN(C)Cc2cc(CN)no2)cs1. The minimum Gasteiger partial charge on any atom is -0.360 e. The summed E-state index contributed by atoms with van der Waals surface area (Å²) in [6.45, 7) is 3.95. The molecular formula is C11H16N4OS. The van der Waals surface area contributed by atoms with Gasteiger partial charge in [-0.3, -0.25) is 4.90 Å². The van der Waals surface area contributed by atoms with Gasteiger partial charge in [-0.2, -0.15) is 0 Å². The number of aromatic nitrogens is 2. The summed E-state index contributed by atoms with van der Waals surface area (Å²) in [4.78, 5) is 6.56. The summed E-state index contributed by atoms with van der Waals surface area (Å²) in [5.74, 6) is 0.833. The van der Waals surface area contributed by atoms with E-state index in [1.807, 2.05) is 20.0 Å². The zero-order valence-electron chi connectivity index (χ0n) is 10.0. The van der Waals surface area contributed by atoms with Crippen molar-refractivity contribution in [1.29, 1.82) is 0 Å². The molecule has 0 spiro atoms. The highest BCUT2D eigenvalue weighted by molar-refractivity contribution is 7.09. The van der Waals surface area contributed by atoms with Gasteiger partial charge in [0.05, 0.1) is 22.9 Å². The van der Waals surface area contributed by atoms with Crippen molar-refractivity contribution in [3.8, 4) is 0 Å². The molecule has 2 aromatic heterocycles. The molecule has 5 nitrogen and oxygen atoms in total. The molecule has 0 saturated heterocycles. The Morgan fingerprint density at radius 3 is 2.82 bits per heavy atom. The molecule has 0 fully saturated rings. The molecule has 2 N–H and O–H groups in total. The van der Waals surface area contributed by atoms with E-state index in [0.717, 1.165) is 28.7 Å².